The second-order valence-corrected chi connectivity index (χ2v) is 7.31. The Labute approximate surface area is 125 Å². The van der Waals surface area contributed by atoms with E-state index in [1.807, 2.05) is 19.9 Å². The first-order chi connectivity index (χ1) is 8.40. The molecule has 5 heteroatoms. The van der Waals surface area contributed by atoms with Crippen LogP contribution in [0.4, 0.5) is 8.78 Å². The van der Waals surface area contributed by atoms with Crippen LogP contribution in [-0.4, -0.2) is 0 Å². The maximum Gasteiger partial charge on any atom is 0.131 e. The summed E-state index contributed by atoms with van der Waals surface area (Å²) >= 11 is 8.10. The van der Waals surface area contributed by atoms with Gasteiger partial charge in [-0.3, -0.25) is 0 Å². The molecule has 0 radical (unpaired) electrons. The quantitative estimate of drug-likeness (QED) is 0.556. The molecular formula is C13H10Br2F2S. The van der Waals surface area contributed by atoms with E-state index in [1.54, 1.807) is 11.3 Å². The van der Waals surface area contributed by atoms with E-state index < -0.39 is 16.5 Å². The van der Waals surface area contributed by atoms with Crippen molar-refractivity contribution in [2.75, 3.05) is 0 Å². The molecule has 1 aromatic heterocycles. The van der Waals surface area contributed by atoms with Crippen molar-refractivity contribution >= 4 is 43.2 Å². The van der Waals surface area contributed by atoms with Crippen molar-refractivity contribution in [3.8, 4) is 0 Å². The molecule has 0 aliphatic rings. The number of aryl methyl sites for hydroxylation is 2. The third-order valence-corrected chi connectivity index (χ3v) is 5.04. The Bertz CT molecular complexity index is 570. The van der Waals surface area contributed by atoms with Crippen LogP contribution < -0.4 is 0 Å². The molecule has 0 amide bonds. The van der Waals surface area contributed by atoms with E-state index in [-0.39, 0.29) is 5.56 Å². The van der Waals surface area contributed by atoms with Gasteiger partial charge in [0.15, 0.2) is 0 Å². The van der Waals surface area contributed by atoms with Crippen LogP contribution in [0, 0.1) is 25.5 Å². The number of thiophene rings is 1. The molecule has 0 aliphatic heterocycles. The maximum atomic E-state index is 13.9. The van der Waals surface area contributed by atoms with Crippen LogP contribution in [0.15, 0.2) is 22.7 Å². The molecule has 0 fully saturated rings. The van der Waals surface area contributed by atoms with E-state index in [4.69, 9.17) is 0 Å². The SMILES string of the molecule is Cc1cc(C(Br)c2c(F)cc(Br)cc2F)c(C)s1. The fourth-order valence-electron chi connectivity index (χ4n) is 1.85. The molecule has 0 bridgehead atoms. The molecule has 0 spiro atoms. The molecule has 1 unspecified atom stereocenters. The molecule has 0 aliphatic carbocycles. The van der Waals surface area contributed by atoms with Crippen LogP contribution in [0.25, 0.3) is 0 Å². The number of hydrogen-bond donors (Lipinski definition) is 0. The van der Waals surface area contributed by atoms with E-state index in [1.165, 1.54) is 12.1 Å². The molecule has 18 heavy (non-hydrogen) atoms. The van der Waals surface area contributed by atoms with Gasteiger partial charge in [0, 0.05) is 19.8 Å². The largest absolute Gasteiger partial charge is 0.206 e. The molecular weight excluding hydrogens is 386 g/mol. The van der Waals surface area contributed by atoms with Gasteiger partial charge in [-0.25, -0.2) is 8.78 Å². The average Bonchev–Trinajstić information content (AvgIpc) is 2.56. The Balaban J connectivity index is 2.52. The van der Waals surface area contributed by atoms with Gasteiger partial charge in [0.2, 0.25) is 0 Å². The minimum absolute atomic E-state index is 0.0547. The third kappa shape index (κ3) is 2.68. The second-order valence-electron chi connectivity index (χ2n) is 4.01. The van der Waals surface area contributed by atoms with Crippen LogP contribution in [0.5, 0.6) is 0 Å². The molecule has 1 atom stereocenters. The third-order valence-electron chi connectivity index (χ3n) is 2.65. The minimum atomic E-state index is -0.549. The van der Waals surface area contributed by atoms with Gasteiger partial charge in [-0.15, -0.1) is 11.3 Å². The lowest BCUT2D eigenvalue weighted by atomic mass is 10.0. The van der Waals surface area contributed by atoms with Gasteiger partial charge in [-0.2, -0.15) is 0 Å². The summed E-state index contributed by atoms with van der Waals surface area (Å²) in [5.74, 6) is -1.10. The lowest BCUT2D eigenvalue weighted by Gasteiger charge is -2.12. The van der Waals surface area contributed by atoms with Gasteiger partial charge in [-0.1, -0.05) is 31.9 Å². The summed E-state index contributed by atoms with van der Waals surface area (Å²) < 4.78 is 28.2. The highest BCUT2D eigenvalue weighted by Gasteiger charge is 2.22. The zero-order valence-electron chi connectivity index (χ0n) is 9.73. The van der Waals surface area contributed by atoms with Crippen molar-refractivity contribution in [3.63, 3.8) is 0 Å². The zero-order chi connectivity index (χ0) is 13.4. The summed E-state index contributed by atoms with van der Waals surface area (Å²) in [6.07, 6.45) is 0. The highest BCUT2D eigenvalue weighted by molar-refractivity contribution is 9.10. The number of benzene rings is 1. The van der Waals surface area contributed by atoms with Crippen molar-refractivity contribution in [3.05, 3.63) is 55.2 Å². The molecule has 0 saturated carbocycles. The summed E-state index contributed by atoms with van der Waals surface area (Å²) in [6.45, 7) is 3.94. The highest BCUT2D eigenvalue weighted by Crippen LogP contribution is 2.39. The van der Waals surface area contributed by atoms with Gasteiger partial charge < -0.3 is 0 Å². The summed E-state index contributed by atoms with van der Waals surface area (Å²) in [4.78, 5) is 1.73. The lowest BCUT2D eigenvalue weighted by molar-refractivity contribution is 0.559. The van der Waals surface area contributed by atoms with Crippen LogP contribution in [0.3, 0.4) is 0 Å². The molecule has 0 saturated heterocycles. The van der Waals surface area contributed by atoms with Gasteiger partial charge in [-0.05, 0) is 37.6 Å². The zero-order valence-corrected chi connectivity index (χ0v) is 13.7. The van der Waals surface area contributed by atoms with Gasteiger partial charge in [0.25, 0.3) is 0 Å². The fraction of sp³-hybridized carbons (Fsp3) is 0.231. The molecule has 1 heterocycles. The summed E-state index contributed by atoms with van der Waals surface area (Å²) in [6, 6.07) is 4.52. The highest BCUT2D eigenvalue weighted by atomic mass is 79.9. The molecule has 2 rings (SSSR count). The van der Waals surface area contributed by atoms with Crippen LogP contribution in [-0.2, 0) is 0 Å². The van der Waals surface area contributed by atoms with E-state index in [9.17, 15) is 8.78 Å². The Morgan fingerprint density at radius 1 is 1.11 bits per heavy atom. The molecule has 96 valence electrons. The maximum absolute atomic E-state index is 13.9. The normalized spacial score (nSPS) is 12.8. The lowest BCUT2D eigenvalue weighted by Crippen LogP contribution is -2.01. The summed E-state index contributed by atoms with van der Waals surface area (Å²) in [5, 5.41) is 0. The summed E-state index contributed by atoms with van der Waals surface area (Å²) in [5.41, 5.74) is 0.969. The standard InChI is InChI=1S/C13H10Br2F2S/c1-6-3-9(7(2)18-6)13(15)12-10(16)4-8(14)5-11(12)17/h3-5,13H,1-2H3. The van der Waals surface area contributed by atoms with Crippen LogP contribution in [0.1, 0.15) is 25.7 Å². The first-order valence-electron chi connectivity index (χ1n) is 5.25. The number of alkyl halides is 1. The number of halogens is 4. The van der Waals surface area contributed by atoms with Crippen molar-refractivity contribution in [1.29, 1.82) is 0 Å². The molecule has 0 nitrogen and oxygen atoms in total. The predicted molar refractivity (Wildman–Crippen MR) is 78.6 cm³/mol. The van der Waals surface area contributed by atoms with Crippen LogP contribution >= 0.6 is 43.2 Å². The smallest absolute Gasteiger partial charge is 0.131 e. The van der Waals surface area contributed by atoms with E-state index in [2.05, 4.69) is 31.9 Å². The van der Waals surface area contributed by atoms with Crippen LogP contribution in [0.2, 0.25) is 0 Å². The Kier molecular flexibility index (Phi) is 4.24. The van der Waals surface area contributed by atoms with E-state index in [0.29, 0.717) is 4.47 Å². The molecule has 0 N–H and O–H groups in total. The van der Waals surface area contributed by atoms with Crippen molar-refractivity contribution in [2.45, 2.75) is 18.7 Å². The monoisotopic (exact) mass is 394 g/mol. The number of rotatable bonds is 2. The van der Waals surface area contributed by atoms with Crippen molar-refractivity contribution in [1.82, 2.24) is 0 Å². The minimum Gasteiger partial charge on any atom is -0.206 e. The molecule has 1 aromatic carbocycles. The first-order valence-corrected chi connectivity index (χ1v) is 7.78. The van der Waals surface area contributed by atoms with Gasteiger partial charge in [0.1, 0.15) is 11.6 Å². The topological polar surface area (TPSA) is 0 Å². The fourth-order valence-corrected chi connectivity index (χ4v) is 4.28. The summed E-state index contributed by atoms with van der Waals surface area (Å²) in [7, 11) is 0. The average molecular weight is 396 g/mol. The van der Waals surface area contributed by atoms with Gasteiger partial charge >= 0.3 is 0 Å². The Hall–Kier alpha value is -0.260. The van der Waals surface area contributed by atoms with Crippen molar-refractivity contribution in [2.24, 2.45) is 0 Å². The van der Waals surface area contributed by atoms with E-state index in [0.717, 1.165) is 15.3 Å². The predicted octanol–water partition coefficient (Wildman–Crippen LogP) is 5.89. The Morgan fingerprint density at radius 2 is 1.67 bits per heavy atom. The van der Waals surface area contributed by atoms with E-state index >= 15 is 0 Å². The van der Waals surface area contributed by atoms with Gasteiger partial charge in [0.05, 0.1) is 4.83 Å². The second kappa shape index (κ2) is 5.39. The first kappa shape index (κ1) is 14.2. The molecule has 2 aromatic rings. The Morgan fingerprint density at radius 3 is 2.11 bits per heavy atom. The number of hydrogen-bond acceptors (Lipinski definition) is 1. The van der Waals surface area contributed by atoms with Crippen molar-refractivity contribution < 1.29 is 8.78 Å².